The predicted octanol–water partition coefficient (Wildman–Crippen LogP) is 2.24. The van der Waals surface area contributed by atoms with Crippen LogP contribution in [-0.2, 0) is 0 Å². The standard InChI is InChI=1S/C13H14ClN3O/c14-9-3-4-12-11(6-9)13(16-8-15-12)17-5-1-2-10(18)7-17/h3-4,6,8,10,18H,1-2,5,7H2. The molecule has 2 aromatic rings. The minimum Gasteiger partial charge on any atom is -0.391 e. The Morgan fingerprint density at radius 1 is 1.33 bits per heavy atom. The smallest absolute Gasteiger partial charge is 0.140 e. The second-order valence-electron chi connectivity index (χ2n) is 4.60. The van der Waals surface area contributed by atoms with Crippen molar-refractivity contribution in [3.63, 3.8) is 0 Å². The third-order valence-corrected chi connectivity index (χ3v) is 3.51. The fourth-order valence-corrected chi connectivity index (χ4v) is 2.59. The van der Waals surface area contributed by atoms with Gasteiger partial charge in [0.15, 0.2) is 0 Å². The summed E-state index contributed by atoms with van der Waals surface area (Å²) >= 11 is 6.03. The molecule has 1 aliphatic heterocycles. The van der Waals surface area contributed by atoms with Crippen molar-refractivity contribution in [2.75, 3.05) is 18.0 Å². The molecular weight excluding hydrogens is 250 g/mol. The van der Waals surface area contributed by atoms with Crippen LogP contribution in [0, 0.1) is 0 Å². The molecule has 2 heterocycles. The number of β-amino-alcohol motifs (C(OH)–C–C–N with tert-alkyl or cyclic N) is 1. The Labute approximate surface area is 110 Å². The number of halogens is 1. The van der Waals surface area contributed by atoms with E-state index in [1.165, 1.54) is 0 Å². The van der Waals surface area contributed by atoms with Crippen molar-refractivity contribution in [1.29, 1.82) is 0 Å². The SMILES string of the molecule is OC1CCCN(c2ncnc3ccc(Cl)cc23)C1. The molecule has 1 N–H and O–H groups in total. The Morgan fingerprint density at radius 2 is 2.22 bits per heavy atom. The molecule has 94 valence electrons. The molecule has 1 aromatic heterocycles. The first-order valence-corrected chi connectivity index (χ1v) is 6.45. The van der Waals surface area contributed by atoms with Crippen LogP contribution in [0.3, 0.4) is 0 Å². The van der Waals surface area contributed by atoms with Gasteiger partial charge in [-0.15, -0.1) is 0 Å². The number of hydrogen-bond acceptors (Lipinski definition) is 4. The number of rotatable bonds is 1. The summed E-state index contributed by atoms with van der Waals surface area (Å²) in [7, 11) is 0. The highest BCUT2D eigenvalue weighted by atomic mass is 35.5. The van der Waals surface area contributed by atoms with Gasteiger partial charge in [0.05, 0.1) is 11.6 Å². The molecule has 1 aromatic carbocycles. The molecule has 0 aliphatic carbocycles. The van der Waals surface area contributed by atoms with Crippen molar-refractivity contribution in [3.05, 3.63) is 29.5 Å². The Kier molecular flexibility index (Phi) is 3.06. The number of piperidine rings is 1. The van der Waals surface area contributed by atoms with E-state index in [9.17, 15) is 5.11 Å². The van der Waals surface area contributed by atoms with Crippen molar-refractivity contribution < 1.29 is 5.11 Å². The number of nitrogens with zero attached hydrogens (tertiary/aromatic N) is 3. The van der Waals surface area contributed by atoms with E-state index in [2.05, 4.69) is 14.9 Å². The molecule has 0 amide bonds. The van der Waals surface area contributed by atoms with E-state index >= 15 is 0 Å². The van der Waals surface area contributed by atoms with Crippen LogP contribution >= 0.6 is 11.6 Å². The molecule has 0 radical (unpaired) electrons. The van der Waals surface area contributed by atoms with E-state index < -0.39 is 0 Å². The molecule has 1 aliphatic rings. The van der Waals surface area contributed by atoms with E-state index in [-0.39, 0.29) is 6.10 Å². The summed E-state index contributed by atoms with van der Waals surface area (Å²) in [6.45, 7) is 1.54. The van der Waals surface area contributed by atoms with Crippen molar-refractivity contribution in [2.45, 2.75) is 18.9 Å². The van der Waals surface area contributed by atoms with E-state index in [0.29, 0.717) is 11.6 Å². The lowest BCUT2D eigenvalue weighted by molar-refractivity contribution is 0.154. The van der Waals surface area contributed by atoms with Gasteiger partial charge in [-0.3, -0.25) is 0 Å². The largest absolute Gasteiger partial charge is 0.391 e. The average molecular weight is 264 g/mol. The van der Waals surface area contributed by atoms with E-state index in [0.717, 1.165) is 36.1 Å². The number of anilines is 1. The highest BCUT2D eigenvalue weighted by Crippen LogP contribution is 2.27. The third kappa shape index (κ3) is 2.13. The number of hydrogen-bond donors (Lipinski definition) is 1. The van der Waals surface area contributed by atoms with Crippen molar-refractivity contribution >= 4 is 28.3 Å². The van der Waals surface area contributed by atoms with Gasteiger partial charge < -0.3 is 10.0 Å². The molecule has 3 rings (SSSR count). The number of aromatic nitrogens is 2. The zero-order valence-electron chi connectivity index (χ0n) is 9.88. The maximum atomic E-state index is 9.76. The molecular formula is C13H14ClN3O. The van der Waals surface area contributed by atoms with Gasteiger partial charge in [-0.1, -0.05) is 11.6 Å². The van der Waals surface area contributed by atoms with Crippen LogP contribution in [-0.4, -0.2) is 34.3 Å². The Bertz CT molecular complexity index is 575. The van der Waals surface area contributed by atoms with Crippen LogP contribution in [0.5, 0.6) is 0 Å². The fraction of sp³-hybridized carbons (Fsp3) is 0.385. The summed E-state index contributed by atoms with van der Waals surface area (Å²) in [6, 6.07) is 5.60. The van der Waals surface area contributed by atoms with Crippen LogP contribution in [0.1, 0.15) is 12.8 Å². The highest BCUT2D eigenvalue weighted by molar-refractivity contribution is 6.31. The van der Waals surface area contributed by atoms with Gasteiger partial charge in [-0.2, -0.15) is 0 Å². The molecule has 5 heteroatoms. The monoisotopic (exact) mass is 263 g/mol. The van der Waals surface area contributed by atoms with Gasteiger partial charge >= 0.3 is 0 Å². The summed E-state index contributed by atoms with van der Waals surface area (Å²) in [5.41, 5.74) is 0.879. The molecule has 1 unspecified atom stereocenters. The van der Waals surface area contributed by atoms with Crippen LogP contribution in [0.4, 0.5) is 5.82 Å². The second kappa shape index (κ2) is 4.71. The van der Waals surface area contributed by atoms with Gasteiger partial charge in [-0.25, -0.2) is 9.97 Å². The molecule has 0 bridgehead atoms. The molecule has 0 spiro atoms. The summed E-state index contributed by atoms with van der Waals surface area (Å²) < 4.78 is 0. The first-order valence-electron chi connectivity index (χ1n) is 6.07. The first-order chi connectivity index (χ1) is 8.74. The van der Waals surface area contributed by atoms with Crippen LogP contribution in [0.25, 0.3) is 10.9 Å². The maximum Gasteiger partial charge on any atom is 0.140 e. The van der Waals surface area contributed by atoms with Gasteiger partial charge in [0.25, 0.3) is 0 Å². The Hall–Kier alpha value is -1.39. The maximum absolute atomic E-state index is 9.76. The normalized spacial score (nSPS) is 20.3. The second-order valence-corrected chi connectivity index (χ2v) is 5.04. The number of benzene rings is 1. The topological polar surface area (TPSA) is 49.2 Å². The van der Waals surface area contributed by atoms with Crippen LogP contribution in [0.15, 0.2) is 24.5 Å². The predicted molar refractivity (Wildman–Crippen MR) is 72.0 cm³/mol. The zero-order valence-corrected chi connectivity index (χ0v) is 10.6. The Balaban J connectivity index is 2.07. The lowest BCUT2D eigenvalue weighted by Crippen LogP contribution is -2.38. The Morgan fingerprint density at radius 3 is 3.06 bits per heavy atom. The average Bonchev–Trinajstić information content (AvgIpc) is 2.38. The summed E-state index contributed by atoms with van der Waals surface area (Å²) in [5.74, 6) is 0.862. The fourth-order valence-electron chi connectivity index (χ4n) is 2.41. The third-order valence-electron chi connectivity index (χ3n) is 3.27. The van der Waals surface area contributed by atoms with Crippen LogP contribution < -0.4 is 4.90 Å². The number of aliphatic hydroxyl groups excluding tert-OH is 1. The quantitative estimate of drug-likeness (QED) is 0.857. The molecule has 1 saturated heterocycles. The van der Waals surface area contributed by atoms with Crippen LogP contribution in [0.2, 0.25) is 5.02 Å². The van der Waals surface area contributed by atoms with Crippen molar-refractivity contribution in [3.8, 4) is 0 Å². The number of fused-ring (bicyclic) bond motifs is 1. The van der Waals surface area contributed by atoms with E-state index in [4.69, 9.17) is 11.6 Å². The summed E-state index contributed by atoms with van der Waals surface area (Å²) in [6.07, 6.45) is 3.13. The lowest BCUT2D eigenvalue weighted by Gasteiger charge is -2.31. The molecule has 1 fully saturated rings. The molecule has 1 atom stereocenters. The minimum absolute atomic E-state index is 0.275. The van der Waals surface area contributed by atoms with Gasteiger partial charge in [0.1, 0.15) is 12.1 Å². The molecule has 4 nitrogen and oxygen atoms in total. The van der Waals surface area contributed by atoms with Gasteiger partial charge in [0, 0.05) is 23.5 Å². The molecule has 18 heavy (non-hydrogen) atoms. The van der Waals surface area contributed by atoms with Gasteiger partial charge in [0.2, 0.25) is 0 Å². The van der Waals surface area contributed by atoms with E-state index in [1.807, 2.05) is 18.2 Å². The highest BCUT2D eigenvalue weighted by Gasteiger charge is 2.20. The molecule has 0 saturated carbocycles. The summed E-state index contributed by atoms with van der Waals surface area (Å²) in [5, 5.41) is 11.4. The van der Waals surface area contributed by atoms with E-state index in [1.54, 1.807) is 6.33 Å². The zero-order chi connectivity index (χ0) is 12.5. The van der Waals surface area contributed by atoms with Crippen molar-refractivity contribution in [1.82, 2.24) is 9.97 Å². The minimum atomic E-state index is -0.275. The first kappa shape index (κ1) is 11.7. The summed E-state index contributed by atoms with van der Waals surface area (Å²) in [4.78, 5) is 10.7. The van der Waals surface area contributed by atoms with Crippen molar-refractivity contribution in [2.24, 2.45) is 0 Å². The number of aliphatic hydroxyl groups is 1. The lowest BCUT2D eigenvalue weighted by atomic mass is 10.1. The van der Waals surface area contributed by atoms with Gasteiger partial charge in [-0.05, 0) is 31.0 Å².